The van der Waals surface area contributed by atoms with Crippen LogP contribution in [0.2, 0.25) is 0 Å². The molecule has 0 aromatic heterocycles. The van der Waals surface area contributed by atoms with Crippen molar-refractivity contribution in [3.63, 3.8) is 0 Å². The van der Waals surface area contributed by atoms with Gasteiger partial charge in [0.25, 0.3) is 0 Å². The largest absolute Gasteiger partial charge is 0.422 e. The van der Waals surface area contributed by atoms with Crippen LogP contribution in [0.4, 0.5) is 0 Å². The van der Waals surface area contributed by atoms with Crippen molar-refractivity contribution in [2.75, 3.05) is 0 Å². The Morgan fingerprint density at radius 2 is 1.19 bits per heavy atom. The highest BCUT2D eigenvalue weighted by atomic mass is 16.5. The van der Waals surface area contributed by atoms with Crippen LogP contribution in [0, 0.1) is 0 Å². The van der Waals surface area contributed by atoms with E-state index in [1.807, 2.05) is 0 Å². The fourth-order valence-corrected chi connectivity index (χ4v) is 1.74. The van der Waals surface area contributed by atoms with Gasteiger partial charge in [-0.05, 0) is 12.1 Å². The summed E-state index contributed by atoms with van der Waals surface area (Å²) in [6, 6.07) is 3.15. The van der Waals surface area contributed by atoms with Crippen LogP contribution in [0.3, 0.4) is 0 Å². The Hall–Kier alpha value is -2.36. The van der Waals surface area contributed by atoms with Crippen LogP contribution in [0.15, 0.2) is 25.3 Å². The molecule has 78 valence electrons. The van der Waals surface area contributed by atoms with Gasteiger partial charge in [-0.15, -0.1) is 0 Å². The Balaban J connectivity index is 2.24. The van der Waals surface area contributed by atoms with Crippen molar-refractivity contribution in [2.24, 2.45) is 0 Å². The van der Waals surface area contributed by atoms with E-state index < -0.39 is 11.9 Å². The number of benzene rings is 1. The fraction of sp³-hybridized carbons (Fsp3) is 0. The average Bonchev–Trinajstić information content (AvgIpc) is 2.67. The minimum atomic E-state index is -0.476. The van der Waals surface area contributed by atoms with Crippen molar-refractivity contribution >= 4 is 23.1 Å². The molecule has 3 rings (SSSR count). The molecule has 0 radical (unpaired) electrons. The topological polar surface area (TPSA) is 52.6 Å². The number of hydrogen-bond acceptors (Lipinski definition) is 4. The molecule has 0 fully saturated rings. The van der Waals surface area contributed by atoms with Crippen LogP contribution < -0.4 is 9.47 Å². The fourth-order valence-electron chi connectivity index (χ4n) is 1.74. The number of esters is 2. The van der Waals surface area contributed by atoms with Gasteiger partial charge in [-0.3, -0.25) is 0 Å². The molecule has 0 bridgehead atoms. The molecule has 2 heterocycles. The number of fused-ring (bicyclic) bond motifs is 2. The van der Waals surface area contributed by atoms with Crippen molar-refractivity contribution in [3.8, 4) is 11.5 Å². The lowest BCUT2D eigenvalue weighted by atomic mass is 10.0. The Bertz CT molecular complexity index is 542. The van der Waals surface area contributed by atoms with Crippen molar-refractivity contribution in [2.45, 2.75) is 0 Å². The molecule has 0 amide bonds. The quantitative estimate of drug-likeness (QED) is 0.373. The molecule has 2 aliphatic rings. The molecule has 16 heavy (non-hydrogen) atoms. The summed E-state index contributed by atoms with van der Waals surface area (Å²) in [5.74, 6) is -0.160. The number of rotatable bonds is 0. The summed E-state index contributed by atoms with van der Waals surface area (Å²) >= 11 is 0. The third kappa shape index (κ3) is 0.930. The van der Waals surface area contributed by atoms with Gasteiger partial charge in [0.05, 0.1) is 11.1 Å². The number of carbonyl (C=O) groups excluding carboxylic acids is 2. The smallest absolute Gasteiger partial charge is 0.343 e. The molecular weight excluding hydrogens is 208 g/mol. The molecule has 4 heteroatoms. The first-order chi connectivity index (χ1) is 7.58. The second-order valence-electron chi connectivity index (χ2n) is 3.58. The summed E-state index contributed by atoms with van der Waals surface area (Å²) < 4.78 is 9.96. The van der Waals surface area contributed by atoms with Gasteiger partial charge in [-0.1, -0.05) is 13.2 Å². The van der Waals surface area contributed by atoms with E-state index in [-0.39, 0.29) is 11.1 Å². The zero-order valence-corrected chi connectivity index (χ0v) is 8.20. The standard InChI is InChI=1S/C12H6O4/c1-5-7-3-10-8(6(2)12(14)16-10)4-9(7)15-11(5)13/h3-4H,1-2H2. The molecule has 0 atom stereocenters. The van der Waals surface area contributed by atoms with Crippen LogP contribution >= 0.6 is 0 Å². The van der Waals surface area contributed by atoms with Crippen LogP contribution in [0.25, 0.3) is 11.1 Å². The van der Waals surface area contributed by atoms with E-state index in [0.717, 1.165) is 0 Å². The number of carbonyl (C=O) groups is 2. The maximum Gasteiger partial charge on any atom is 0.343 e. The van der Waals surface area contributed by atoms with E-state index in [0.29, 0.717) is 22.6 Å². The molecule has 0 unspecified atom stereocenters. The van der Waals surface area contributed by atoms with Crippen molar-refractivity contribution < 1.29 is 19.1 Å². The lowest BCUT2D eigenvalue weighted by molar-refractivity contribution is -0.127. The molecule has 1 aromatic rings. The molecule has 0 saturated heterocycles. The van der Waals surface area contributed by atoms with E-state index in [2.05, 4.69) is 13.2 Å². The van der Waals surface area contributed by atoms with E-state index in [1.54, 1.807) is 12.1 Å². The van der Waals surface area contributed by atoms with Gasteiger partial charge >= 0.3 is 11.9 Å². The summed E-state index contributed by atoms with van der Waals surface area (Å²) in [5, 5.41) is 0. The summed E-state index contributed by atoms with van der Waals surface area (Å²) in [7, 11) is 0. The highest BCUT2D eigenvalue weighted by Crippen LogP contribution is 2.43. The Morgan fingerprint density at radius 3 is 1.56 bits per heavy atom. The van der Waals surface area contributed by atoms with Gasteiger partial charge in [0.15, 0.2) is 0 Å². The summed E-state index contributed by atoms with van der Waals surface area (Å²) in [4.78, 5) is 22.5. The SMILES string of the molecule is C=C1C(=O)Oc2cc3c(cc21)OC(=O)C3=C. The van der Waals surface area contributed by atoms with Crippen molar-refractivity contribution in [3.05, 3.63) is 36.4 Å². The first-order valence-electron chi connectivity index (χ1n) is 4.59. The van der Waals surface area contributed by atoms with Crippen LogP contribution in [0.1, 0.15) is 11.1 Å². The normalized spacial score (nSPS) is 17.0. The third-order valence-corrected chi connectivity index (χ3v) is 2.63. The monoisotopic (exact) mass is 214 g/mol. The molecular formula is C12H6O4. The van der Waals surface area contributed by atoms with E-state index in [9.17, 15) is 9.59 Å². The molecule has 2 aliphatic heterocycles. The minimum Gasteiger partial charge on any atom is -0.422 e. The van der Waals surface area contributed by atoms with Crippen LogP contribution in [0.5, 0.6) is 11.5 Å². The van der Waals surface area contributed by atoms with E-state index >= 15 is 0 Å². The van der Waals surface area contributed by atoms with Gasteiger partial charge in [0.2, 0.25) is 0 Å². The second kappa shape index (κ2) is 2.61. The van der Waals surface area contributed by atoms with Gasteiger partial charge < -0.3 is 9.47 Å². The molecule has 0 aliphatic carbocycles. The van der Waals surface area contributed by atoms with Crippen LogP contribution in [-0.4, -0.2) is 11.9 Å². The average molecular weight is 214 g/mol. The zero-order chi connectivity index (χ0) is 11.4. The lowest BCUT2D eigenvalue weighted by Crippen LogP contribution is -2.00. The van der Waals surface area contributed by atoms with Crippen molar-refractivity contribution in [1.29, 1.82) is 0 Å². The summed E-state index contributed by atoms with van der Waals surface area (Å²) in [6.45, 7) is 7.21. The van der Waals surface area contributed by atoms with Gasteiger partial charge in [-0.25, -0.2) is 9.59 Å². The molecule has 0 saturated carbocycles. The van der Waals surface area contributed by atoms with Gasteiger partial charge in [0, 0.05) is 11.1 Å². The Labute approximate surface area is 90.8 Å². The van der Waals surface area contributed by atoms with E-state index in [1.165, 1.54) is 0 Å². The minimum absolute atomic E-state index is 0.270. The Kier molecular flexibility index (Phi) is 1.45. The summed E-state index contributed by atoms with van der Waals surface area (Å²) in [5.41, 5.74) is 1.66. The molecule has 1 aromatic carbocycles. The Morgan fingerprint density at radius 1 is 0.812 bits per heavy atom. The number of hydrogen-bond donors (Lipinski definition) is 0. The first kappa shape index (κ1) is 8.91. The van der Waals surface area contributed by atoms with E-state index in [4.69, 9.17) is 9.47 Å². The van der Waals surface area contributed by atoms with Crippen LogP contribution in [-0.2, 0) is 9.59 Å². The number of ether oxygens (including phenoxy) is 2. The molecule has 0 N–H and O–H groups in total. The van der Waals surface area contributed by atoms with Crippen molar-refractivity contribution in [1.82, 2.24) is 0 Å². The zero-order valence-electron chi connectivity index (χ0n) is 8.20. The highest BCUT2D eigenvalue weighted by molar-refractivity contribution is 6.24. The molecule has 0 spiro atoms. The van der Waals surface area contributed by atoms with Gasteiger partial charge in [-0.2, -0.15) is 0 Å². The third-order valence-electron chi connectivity index (χ3n) is 2.63. The second-order valence-corrected chi connectivity index (χ2v) is 3.58. The highest BCUT2D eigenvalue weighted by Gasteiger charge is 2.32. The predicted molar refractivity (Wildman–Crippen MR) is 55.8 cm³/mol. The lowest BCUT2D eigenvalue weighted by Gasteiger charge is -2.00. The first-order valence-corrected chi connectivity index (χ1v) is 4.59. The maximum absolute atomic E-state index is 11.3. The molecule has 4 nitrogen and oxygen atoms in total. The maximum atomic E-state index is 11.3. The predicted octanol–water partition coefficient (Wildman–Crippen LogP) is 1.55. The van der Waals surface area contributed by atoms with Gasteiger partial charge in [0.1, 0.15) is 11.5 Å². The summed E-state index contributed by atoms with van der Waals surface area (Å²) in [6.07, 6.45) is 0.